The molecular weight excluding hydrogens is 230 g/mol. The number of anilines is 1. The predicted octanol–water partition coefficient (Wildman–Crippen LogP) is 1.93. The van der Waals surface area contributed by atoms with Crippen molar-refractivity contribution in [2.45, 2.75) is 33.1 Å². The second-order valence-electron chi connectivity index (χ2n) is 5.61. The molecule has 100 valence electrons. The monoisotopic (exact) mass is 251 g/mol. The quantitative estimate of drug-likeness (QED) is 0.885. The van der Waals surface area contributed by atoms with Crippen LogP contribution in [0.4, 0.5) is 5.95 Å². The molecule has 0 saturated heterocycles. The largest absolute Gasteiger partial charge is 0.481 e. The number of hydrogen-bond donors (Lipinski definition) is 1. The zero-order valence-electron chi connectivity index (χ0n) is 11.6. The summed E-state index contributed by atoms with van der Waals surface area (Å²) in [6.07, 6.45) is 1.71. The molecule has 1 aromatic rings. The van der Waals surface area contributed by atoms with Gasteiger partial charge >= 0.3 is 5.97 Å². The topological polar surface area (TPSA) is 66.3 Å². The number of carboxylic acid groups (broad SMARTS) is 1. The van der Waals surface area contributed by atoms with E-state index in [1.807, 2.05) is 6.07 Å². The molecule has 0 aromatic carbocycles. The molecule has 1 rings (SSSR count). The van der Waals surface area contributed by atoms with E-state index in [2.05, 4.69) is 30.7 Å². The predicted molar refractivity (Wildman–Crippen MR) is 70.8 cm³/mol. The van der Waals surface area contributed by atoms with Crippen LogP contribution in [0.15, 0.2) is 12.3 Å². The molecule has 0 aliphatic heterocycles. The molecule has 1 aromatic heterocycles. The van der Waals surface area contributed by atoms with Crippen LogP contribution >= 0.6 is 0 Å². The number of carboxylic acids is 1. The first-order chi connectivity index (χ1) is 8.21. The number of rotatable bonds is 4. The Kier molecular flexibility index (Phi) is 4.27. The van der Waals surface area contributed by atoms with Crippen molar-refractivity contribution in [1.82, 2.24) is 9.97 Å². The maximum atomic E-state index is 10.8. The van der Waals surface area contributed by atoms with Gasteiger partial charge in [-0.25, -0.2) is 9.97 Å². The van der Waals surface area contributed by atoms with Gasteiger partial charge in [-0.05, 0) is 6.07 Å². The van der Waals surface area contributed by atoms with Crippen molar-refractivity contribution in [3.05, 3.63) is 18.0 Å². The summed E-state index contributed by atoms with van der Waals surface area (Å²) in [4.78, 5) is 21.3. The Morgan fingerprint density at radius 3 is 2.61 bits per heavy atom. The standard InChI is InChI=1S/C13H21N3O2/c1-9(11(17)18)8-16(5)12-14-7-6-10(15-12)13(2,3)4/h6-7,9H,8H2,1-5H3,(H,17,18). The molecule has 18 heavy (non-hydrogen) atoms. The highest BCUT2D eigenvalue weighted by Gasteiger charge is 2.19. The van der Waals surface area contributed by atoms with Gasteiger partial charge in [0.2, 0.25) is 5.95 Å². The summed E-state index contributed by atoms with van der Waals surface area (Å²) in [6, 6.07) is 1.89. The number of aromatic nitrogens is 2. The molecular formula is C13H21N3O2. The molecule has 0 radical (unpaired) electrons. The van der Waals surface area contributed by atoms with Crippen molar-refractivity contribution in [3.63, 3.8) is 0 Å². The van der Waals surface area contributed by atoms with Gasteiger partial charge in [-0.3, -0.25) is 4.79 Å². The van der Waals surface area contributed by atoms with E-state index in [0.717, 1.165) is 5.69 Å². The highest BCUT2D eigenvalue weighted by Crippen LogP contribution is 2.21. The van der Waals surface area contributed by atoms with Crippen molar-refractivity contribution in [1.29, 1.82) is 0 Å². The van der Waals surface area contributed by atoms with Gasteiger partial charge in [-0.15, -0.1) is 0 Å². The Hall–Kier alpha value is -1.65. The minimum atomic E-state index is -0.811. The molecule has 1 atom stereocenters. The lowest BCUT2D eigenvalue weighted by Gasteiger charge is -2.22. The van der Waals surface area contributed by atoms with Crippen molar-refractivity contribution in [3.8, 4) is 0 Å². The highest BCUT2D eigenvalue weighted by atomic mass is 16.4. The molecule has 1 N–H and O–H groups in total. The molecule has 0 spiro atoms. The number of aliphatic carboxylic acids is 1. The van der Waals surface area contributed by atoms with Gasteiger partial charge in [0.25, 0.3) is 0 Å². The third-order valence-corrected chi connectivity index (χ3v) is 2.72. The number of nitrogens with zero attached hydrogens (tertiary/aromatic N) is 3. The van der Waals surface area contributed by atoms with E-state index in [0.29, 0.717) is 12.5 Å². The lowest BCUT2D eigenvalue weighted by atomic mass is 9.92. The maximum absolute atomic E-state index is 10.8. The average molecular weight is 251 g/mol. The Morgan fingerprint density at radius 2 is 2.11 bits per heavy atom. The molecule has 0 aliphatic rings. The summed E-state index contributed by atoms with van der Waals surface area (Å²) in [5.41, 5.74) is 0.902. The zero-order chi connectivity index (χ0) is 13.9. The van der Waals surface area contributed by atoms with E-state index in [4.69, 9.17) is 5.11 Å². The van der Waals surface area contributed by atoms with Crippen LogP contribution in [0.3, 0.4) is 0 Å². The van der Waals surface area contributed by atoms with Crippen molar-refractivity contribution in [2.75, 3.05) is 18.5 Å². The van der Waals surface area contributed by atoms with Crippen LogP contribution in [0, 0.1) is 5.92 Å². The summed E-state index contributed by atoms with van der Waals surface area (Å²) in [5.74, 6) is -0.693. The van der Waals surface area contributed by atoms with Crippen molar-refractivity contribution < 1.29 is 9.90 Å². The lowest BCUT2D eigenvalue weighted by Crippen LogP contribution is -2.30. The fourth-order valence-corrected chi connectivity index (χ4v) is 1.52. The van der Waals surface area contributed by atoms with Gasteiger partial charge in [0, 0.05) is 25.2 Å². The van der Waals surface area contributed by atoms with Gasteiger partial charge in [0.15, 0.2) is 0 Å². The zero-order valence-corrected chi connectivity index (χ0v) is 11.6. The van der Waals surface area contributed by atoms with E-state index in [-0.39, 0.29) is 5.41 Å². The van der Waals surface area contributed by atoms with E-state index >= 15 is 0 Å². The Balaban J connectivity index is 2.87. The molecule has 5 nitrogen and oxygen atoms in total. The molecule has 0 bridgehead atoms. The third-order valence-electron chi connectivity index (χ3n) is 2.72. The fourth-order valence-electron chi connectivity index (χ4n) is 1.52. The second kappa shape index (κ2) is 5.33. The first-order valence-electron chi connectivity index (χ1n) is 5.99. The van der Waals surface area contributed by atoms with Crippen LogP contribution in [0.25, 0.3) is 0 Å². The number of hydrogen-bond acceptors (Lipinski definition) is 4. The molecule has 1 heterocycles. The summed E-state index contributed by atoms with van der Waals surface area (Å²) < 4.78 is 0. The van der Waals surface area contributed by atoms with E-state index in [1.165, 1.54) is 0 Å². The van der Waals surface area contributed by atoms with E-state index < -0.39 is 11.9 Å². The minimum absolute atomic E-state index is 0.0447. The summed E-state index contributed by atoms with van der Waals surface area (Å²) in [6.45, 7) is 8.31. The third kappa shape index (κ3) is 3.68. The summed E-state index contributed by atoms with van der Waals surface area (Å²) >= 11 is 0. The van der Waals surface area contributed by atoms with Crippen LogP contribution < -0.4 is 4.90 Å². The fraction of sp³-hybridized carbons (Fsp3) is 0.615. The van der Waals surface area contributed by atoms with Gasteiger partial charge < -0.3 is 10.0 Å². The normalized spacial score (nSPS) is 13.2. The molecule has 5 heteroatoms. The van der Waals surface area contributed by atoms with Gasteiger partial charge in [-0.1, -0.05) is 27.7 Å². The van der Waals surface area contributed by atoms with Crippen LogP contribution in [-0.2, 0) is 10.2 Å². The Bertz CT molecular complexity index is 426. The molecule has 0 aliphatic carbocycles. The Morgan fingerprint density at radius 1 is 1.50 bits per heavy atom. The van der Waals surface area contributed by atoms with Crippen molar-refractivity contribution >= 4 is 11.9 Å². The number of carbonyl (C=O) groups is 1. The van der Waals surface area contributed by atoms with Crippen molar-refractivity contribution in [2.24, 2.45) is 5.92 Å². The molecule has 0 fully saturated rings. The molecule has 0 saturated carbocycles. The van der Waals surface area contributed by atoms with Gasteiger partial charge in [0.05, 0.1) is 11.6 Å². The van der Waals surface area contributed by atoms with Crippen LogP contribution in [0.1, 0.15) is 33.4 Å². The first kappa shape index (κ1) is 14.4. The first-order valence-corrected chi connectivity index (χ1v) is 5.99. The Labute approximate surface area is 108 Å². The van der Waals surface area contributed by atoms with E-state index in [1.54, 1.807) is 25.1 Å². The van der Waals surface area contributed by atoms with E-state index in [9.17, 15) is 4.79 Å². The van der Waals surface area contributed by atoms with Crippen LogP contribution in [0.2, 0.25) is 0 Å². The summed E-state index contributed by atoms with van der Waals surface area (Å²) in [7, 11) is 1.81. The van der Waals surface area contributed by atoms with Gasteiger partial charge in [-0.2, -0.15) is 0 Å². The summed E-state index contributed by atoms with van der Waals surface area (Å²) in [5, 5.41) is 8.89. The minimum Gasteiger partial charge on any atom is -0.481 e. The van der Waals surface area contributed by atoms with Crippen LogP contribution in [-0.4, -0.2) is 34.6 Å². The maximum Gasteiger partial charge on any atom is 0.308 e. The molecule has 1 unspecified atom stereocenters. The smallest absolute Gasteiger partial charge is 0.308 e. The SMILES string of the molecule is CC(CN(C)c1nccc(C(C)(C)C)n1)C(=O)O. The van der Waals surface area contributed by atoms with Crippen LogP contribution in [0.5, 0.6) is 0 Å². The lowest BCUT2D eigenvalue weighted by molar-refractivity contribution is -0.140. The average Bonchev–Trinajstić information content (AvgIpc) is 2.27. The highest BCUT2D eigenvalue weighted by molar-refractivity contribution is 5.70. The second-order valence-corrected chi connectivity index (χ2v) is 5.61. The van der Waals surface area contributed by atoms with Gasteiger partial charge in [0.1, 0.15) is 0 Å². The molecule has 0 amide bonds.